The van der Waals surface area contributed by atoms with Crippen LogP contribution < -0.4 is 0 Å². The lowest BCUT2D eigenvalue weighted by molar-refractivity contribution is -0.417. The van der Waals surface area contributed by atoms with Crippen LogP contribution in [0, 0.1) is 10.1 Å². The second-order valence-electron chi connectivity index (χ2n) is 1.72. The second kappa shape index (κ2) is 2.67. The molecule has 56 valence electrons. The van der Waals surface area contributed by atoms with Crippen LogP contribution in [0.15, 0.2) is 16.8 Å². The molecule has 0 aromatic carbocycles. The van der Waals surface area contributed by atoms with Crippen LogP contribution in [0.3, 0.4) is 0 Å². The predicted octanol–water partition coefficient (Wildman–Crippen LogP) is 0.128. The van der Waals surface area contributed by atoms with Gasteiger partial charge in [0.25, 0.3) is 5.78 Å². The largest absolute Gasteiger partial charge is 0.321 e. The summed E-state index contributed by atoms with van der Waals surface area (Å²) in [4.78, 5) is 23.3. The molecule has 0 atom stereocenters. The SMILES string of the molecule is O=C1C(=S)N=CC=C1[N+](=O)[O-]. The lowest BCUT2D eigenvalue weighted by Gasteiger charge is -1.97. The number of nitrogens with zero attached hydrogens (tertiary/aromatic N) is 2. The van der Waals surface area contributed by atoms with Crippen molar-refractivity contribution in [1.82, 2.24) is 0 Å². The van der Waals surface area contributed by atoms with Gasteiger partial charge in [0.05, 0.1) is 4.92 Å². The summed E-state index contributed by atoms with van der Waals surface area (Å²) >= 11 is 4.43. The van der Waals surface area contributed by atoms with Gasteiger partial charge in [-0.05, 0) is 0 Å². The summed E-state index contributed by atoms with van der Waals surface area (Å²) in [7, 11) is 0. The number of thiocarbonyl (C=S) groups is 1. The Morgan fingerprint density at radius 3 is 2.73 bits per heavy atom. The van der Waals surface area contributed by atoms with Crippen LogP contribution in [0.1, 0.15) is 0 Å². The topological polar surface area (TPSA) is 72.6 Å². The molecule has 0 N–H and O–H groups in total. The van der Waals surface area contributed by atoms with Crippen molar-refractivity contribution in [3.8, 4) is 0 Å². The van der Waals surface area contributed by atoms with E-state index >= 15 is 0 Å². The molecular formula is C5H2N2O3S. The van der Waals surface area contributed by atoms with Crippen LogP contribution in [0.2, 0.25) is 0 Å². The molecule has 5 nitrogen and oxygen atoms in total. The minimum Gasteiger partial charge on any atom is -0.279 e. The van der Waals surface area contributed by atoms with Crippen LogP contribution in [-0.2, 0) is 4.79 Å². The van der Waals surface area contributed by atoms with E-state index in [0.717, 1.165) is 12.3 Å². The molecule has 11 heavy (non-hydrogen) atoms. The zero-order valence-electron chi connectivity index (χ0n) is 5.18. The number of allylic oxidation sites excluding steroid dienone is 1. The summed E-state index contributed by atoms with van der Waals surface area (Å²) in [5.41, 5.74) is -0.523. The molecule has 0 aromatic heterocycles. The highest BCUT2D eigenvalue weighted by Gasteiger charge is 2.26. The molecule has 0 saturated carbocycles. The Morgan fingerprint density at radius 2 is 2.27 bits per heavy atom. The van der Waals surface area contributed by atoms with Crippen molar-refractivity contribution in [3.63, 3.8) is 0 Å². The Labute approximate surface area is 66.6 Å². The summed E-state index contributed by atoms with van der Waals surface area (Å²) in [6, 6.07) is 0. The van der Waals surface area contributed by atoms with Crippen molar-refractivity contribution in [2.24, 2.45) is 4.99 Å². The minimum atomic E-state index is -0.799. The number of hydrogen-bond donors (Lipinski definition) is 0. The maximum absolute atomic E-state index is 10.8. The number of dihydropyridines is 1. The Hall–Kier alpha value is -1.43. The van der Waals surface area contributed by atoms with Gasteiger partial charge >= 0.3 is 5.70 Å². The van der Waals surface area contributed by atoms with Crippen molar-refractivity contribution in [3.05, 3.63) is 21.9 Å². The van der Waals surface area contributed by atoms with Gasteiger partial charge in [-0.1, -0.05) is 12.2 Å². The van der Waals surface area contributed by atoms with Gasteiger partial charge in [-0.2, -0.15) is 0 Å². The van der Waals surface area contributed by atoms with Crippen molar-refractivity contribution in [2.45, 2.75) is 0 Å². The summed E-state index contributed by atoms with van der Waals surface area (Å²) in [5, 5.41) is 10.1. The first kappa shape index (κ1) is 7.67. The molecule has 0 amide bonds. The minimum absolute atomic E-state index is 0.265. The Morgan fingerprint density at radius 1 is 1.64 bits per heavy atom. The van der Waals surface area contributed by atoms with E-state index in [1.165, 1.54) is 0 Å². The number of carbonyl (C=O) groups is 1. The van der Waals surface area contributed by atoms with Gasteiger partial charge in [0.1, 0.15) is 0 Å². The molecule has 0 aromatic rings. The van der Waals surface area contributed by atoms with E-state index in [0.29, 0.717) is 0 Å². The number of carbonyl (C=O) groups excluding carboxylic acids is 1. The summed E-state index contributed by atoms with van der Waals surface area (Å²) in [6.07, 6.45) is 2.17. The van der Waals surface area contributed by atoms with E-state index < -0.39 is 16.4 Å². The highest BCUT2D eigenvalue weighted by Crippen LogP contribution is 2.03. The number of aliphatic imine (C=N–C) groups is 1. The number of hydrogen-bond acceptors (Lipinski definition) is 4. The number of nitro groups is 1. The average Bonchev–Trinajstić information content (AvgIpc) is 1.94. The highest BCUT2D eigenvalue weighted by molar-refractivity contribution is 7.82. The first-order valence-electron chi connectivity index (χ1n) is 2.60. The van der Waals surface area contributed by atoms with Gasteiger partial charge in [0.2, 0.25) is 0 Å². The lowest BCUT2D eigenvalue weighted by Crippen LogP contribution is -2.20. The molecule has 0 unspecified atom stereocenters. The molecule has 1 heterocycles. The zero-order chi connectivity index (χ0) is 8.43. The summed E-state index contributed by atoms with van der Waals surface area (Å²) in [6.45, 7) is 0. The van der Waals surface area contributed by atoms with E-state index in [1.54, 1.807) is 0 Å². The third kappa shape index (κ3) is 1.35. The quantitative estimate of drug-likeness (QED) is 0.318. The van der Waals surface area contributed by atoms with Crippen LogP contribution in [0.4, 0.5) is 0 Å². The molecule has 0 radical (unpaired) electrons. The lowest BCUT2D eigenvalue weighted by atomic mass is 10.2. The molecule has 0 bridgehead atoms. The van der Waals surface area contributed by atoms with Gasteiger partial charge in [0.15, 0.2) is 4.99 Å². The average molecular weight is 170 g/mol. The van der Waals surface area contributed by atoms with Gasteiger partial charge in [0, 0.05) is 12.3 Å². The molecule has 1 rings (SSSR count). The smallest absolute Gasteiger partial charge is 0.279 e. The highest BCUT2D eigenvalue weighted by atomic mass is 32.1. The van der Waals surface area contributed by atoms with Crippen molar-refractivity contribution in [2.75, 3.05) is 0 Å². The van der Waals surface area contributed by atoms with Gasteiger partial charge in [-0.15, -0.1) is 0 Å². The number of rotatable bonds is 1. The third-order valence-corrected chi connectivity index (χ3v) is 1.34. The van der Waals surface area contributed by atoms with E-state index in [9.17, 15) is 14.9 Å². The second-order valence-corrected chi connectivity index (χ2v) is 2.11. The Bertz CT molecular complexity index is 305. The fourth-order valence-electron chi connectivity index (χ4n) is 0.563. The van der Waals surface area contributed by atoms with Gasteiger partial charge in [-0.3, -0.25) is 14.9 Å². The van der Waals surface area contributed by atoms with E-state index in [2.05, 4.69) is 17.2 Å². The molecule has 1 aliphatic rings. The van der Waals surface area contributed by atoms with Crippen molar-refractivity contribution >= 4 is 29.2 Å². The standard InChI is InChI=1S/C5H2N2O3S/c8-4-3(7(9)10)1-2-6-5(4)11/h1-2H. The van der Waals surface area contributed by atoms with Crippen molar-refractivity contribution < 1.29 is 9.72 Å². The van der Waals surface area contributed by atoms with E-state index in [4.69, 9.17) is 0 Å². The summed E-state index contributed by atoms with van der Waals surface area (Å²) < 4.78 is 0. The zero-order valence-corrected chi connectivity index (χ0v) is 6.00. The first-order chi connectivity index (χ1) is 5.13. The Balaban J connectivity index is 3.06. The van der Waals surface area contributed by atoms with E-state index in [-0.39, 0.29) is 4.99 Å². The van der Waals surface area contributed by atoms with Crippen LogP contribution in [-0.4, -0.2) is 21.9 Å². The normalized spacial score (nSPS) is 16.5. The Kier molecular flexibility index (Phi) is 1.86. The number of Topliss-reactive ketones (excluding diaryl/α,β-unsaturated/α-hetero) is 1. The van der Waals surface area contributed by atoms with Gasteiger partial charge < -0.3 is 0 Å². The monoisotopic (exact) mass is 170 g/mol. The van der Waals surface area contributed by atoms with Crippen LogP contribution in [0.25, 0.3) is 0 Å². The fourth-order valence-corrected chi connectivity index (χ4v) is 0.729. The molecule has 0 fully saturated rings. The molecule has 0 saturated heterocycles. The van der Waals surface area contributed by atoms with Gasteiger partial charge in [-0.25, -0.2) is 4.99 Å². The van der Waals surface area contributed by atoms with Crippen LogP contribution in [0.5, 0.6) is 0 Å². The predicted molar refractivity (Wildman–Crippen MR) is 41.2 cm³/mol. The van der Waals surface area contributed by atoms with E-state index in [1.807, 2.05) is 0 Å². The molecular weight excluding hydrogens is 168 g/mol. The maximum Gasteiger partial charge on any atom is 0.321 e. The molecule has 0 aliphatic carbocycles. The maximum atomic E-state index is 10.8. The number of ketones is 1. The molecule has 0 spiro atoms. The third-order valence-electron chi connectivity index (χ3n) is 1.05. The fraction of sp³-hybridized carbons (Fsp3) is 0. The summed E-state index contributed by atoms with van der Waals surface area (Å²) in [5.74, 6) is -0.799. The van der Waals surface area contributed by atoms with Crippen molar-refractivity contribution in [1.29, 1.82) is 0 Å². The first-order valence-corrected chi connectivity index (χ1v) is 3.01. The van der Waals surface area contributed by atoms with Crippen LogP contribution >= 0.6 is 12.2 Å². The molecule has 6 heteroatoms. The molecule has 1 aliphatic heterocycles.